The first-order valence-electron chi connectivity index (χ1n) is 16.4. The fourth-order valence-corrected chi connectivity index (χ4v) is 6.02. The van der Waals surface area contributed by atoms with E-state index < -0.39 is 0 Å². The molecule has 48 heavy (non-hydrogen) atoms. The maximum Gasteiger partial charge on any atom is 0.244 e. The maximum absolute atomic E-state index is 13.1. The number of imidazole rings is 1. The second-order valence-corrected chi connectivity index (χ2v) is 11.8. The highest BCUT2D eigenvalue weighted by molar-refractivity contribution is 6.15. The van der Waals surface area contributed by atoms with E-state index in [9.17, 15) is 14.7 Å². The van der Waals surface area contributed by atoms with Gasteiger partial charge in [-0.1, -0.05) is 78.9 Å². The summed E-state index contributed by atoms with van der Waals surface area (Å²) in [6, 6.07) is 29.2. The zero-order chi connectivity index (χ0) is 33.1. The van der Waals surface area contributed by atoms with Gasteiger partial charge in [-0.3, -0.25) is 9.59 Å². The van der Waals surface area contributed by atoms with Crippen LogP contribution in [-0.2, 0) is 16.0 Å². The van der Waals surface area contributed by atoms with Crippen LogP contribution in [0.25, 0.3) is 10.8 Å². The highest BCUT2D eigenvalue weighted by Crippen LogP contribution is 2.34. The molecular formula is C39H40N4O5. The fraction of sp³-hybridized carbons (Fsp3) is 0.256. The molecule has 3 N–H and O–H groups in total. The first-order valence-corrected chi connectivity index (χ1v) is 16.4. The number of phenolic OH excluding ortho intramolecular Hbond substituents is 1. The Balaban J connectivity index is 0.969. The number of ketones is 1. The minimum absolute atomic E-state index is 0.0122. The van der Waals surface area contributed by atoms with Crippen LogP contribution in [0.15, 0.2) is 116 Å². The Hall–Kier alpha value is -5.25. The van der Waals surface area contributed by atoms with E-state index in [0.717, 1.165) is 49.4 Å². The monoisotopic (exact) mass is 644 g/mol. The predicted octanol–water partition coefficient (Wildman–Crippen LogP) is 6.02. The van der Waals surface area contributed by atoms with Crippen molar-refractivity contribution in [1.29, 1.82) is 0 Å². The second kappa shape index (κ2) is 16.0. The van der Waals surface area contributed by atoms with Gasteiger partial charge in [-0.25, -0.2) is 4.98 Å². The van der Waals surface area contributed by atoms with Crippen LogP contribution in [0.2, 0.25) is 0 Å². The molecule has 5 aromatic rings. The van der Waals surface area contributed by atoms with E-state index in [1.807, 2.05) is 42.5 Å². The quantitative estimate of drug-likeness (QED) is 0.100. The molecule has 2 heterocycles. The van der Waals surface area contributed by atoms with E-state index in [-0.39, 0.29) is 35.4 Å². The Morgan fingerprint density at radius 3 is 2.38 bits per heavy atom. The molecule has 9 heteroatoms. The lowest BCUT2D eigenvalue weighted by Gasteiger charge is -2.34. The average Bonchev–Trinajstić information content (AvgIpc) is 3.64. The van der Waals surface area contributed by atoms with Gasteiger partial charge < -0.3 is 29.8 Å². The zero-order valence-electron chi connectivity index (χ0n) is 26.8. The van der Waals surface area contributed by atoms with Gasteiger partial charge in [-0.05, 0) is 52.9 Å². The summed E-state index contributed by atoms with van der Waals surface area (Å²) in [6.45, 7) is 3.27. The van der Waals surface area contributed by atoms with Crippen molar-refractivity contribution in [2.75, 3.05) is 32.8 Å². The number of allylic oxidation sites excluding steroid dienone is 1. The predicted molar refractivity (Wildman–Crippen MR) is 185 cm³/mol. The van der Waals surface area contributed by atoms with Gasteiger partial charge in [0.25, 0.3) is 0 Å². The van der Waals surface area contributed by atoms with Crippen molar-refractivity contribution < 1.29 is 24.2 Å². The zero-order valence-corrected chi connectivity index (χ0v) is 26.8. The smallest absolute Gasteiger partial charge is 0.244 e. The maximum atomic E-state index is 13.1. The minimum Gasteiger partial charge on any atom is -0.504 e. The number of aromatic amines is 1. The van der Waals surface area contributed by atoms with Gasteiger partial charge in [0, 0.05) is 56.6 Å². The first-order chi connectivity index (χ1) is 23.5. The summed E-state index contributed by atoms with van der Waals surface area (Å²) in [4.78, 5) is 35.2. The number of H-pyrrole nitrogens is 1. The van der Waals surface area contributed by atoms with Crippen LogP contribution in [-0.4, -0.2) is 70.6 Å². The molecule has 0 saturated carbocycles. The summed E-state index contributed by atoms with van der Waals surface area (Å²) >= 11 is 0. The fourth-order valence-electron chi connectivity index (χ4n) is 6.02. The van der Waals surface area contributed by atoms with Crippen molar-refractivity contribution in [2.24, 2.45) is 0 Å². The number of fused-ring (bicyclic) bond motifs is 1. The van der Waals surface area contributed by atoms with Crippen LogP contribution in [0.4, 0.5) is 0 Å². The molecule has 0 radical (unpaired) electrons. The molecule has 0 atom stereocenters. The Morgan fingerprint density at radius 1 is 0.958 bits per heavy atom. The van der Waals surface area contributed by atoms with Gasteiger partial charge in [0.1, 0.15) is 11.9 Å². The van der Waals surface area contributed by atoms with Gasteiger partial charge in [0.05, 0.1) is 12.7 Å². The summed E-state index contributed by atoms with van der Waals surface area (Å²) in [7, 11) is 0. The number of aromatic nitrogens is 2. The number of phenols is 1. The lowest BCUT2D eigenvalue weighted by Crippen LogP contribution is -2.41. The highest BCUT2D eigenvalue weighted by Gasteiger charge is 2.24. The van der Waals surface area contributed by atoms with Crippen LogP contribution in [0, 0.1) is 0 Å². The van der Waals surface area contributed by atoms with Crippen LogP contribution in [0.3, 0.4) is 0 Å². The topological polar surface area (TPSA) is 117 Å². The number of hydrogen-bond acceptors (Lipinski definition) is 7. The van der Waals surface area contributed by atoms with Crippen LogP contribution < -0.4 is 10.1 Å². The second-order valence-electron chi connectivity index (χ2n) is 11.8. The third-order valence-electron chi connectivity index (χ3n) is 8.56. The van der Waals surface area contributed by atoms with Crippen molar-refractivity contribution in [3.63, 3.8) is 0 Å². The van der Waals surface area contributed by atoms with E-state index in [4.69, 9.17) is 9.47 Å². The number of aromatic hydroxyl groups is 1. The van der Waals surface area contributed by atoms with Gasteiger partial charge in [0.15, 0.2) is 17.3 Å². The number of hydrogen-bond donors (Lipinski definition) is 3. The molecule has 6 rings (SSSR count). The first kappa shape index (κ1) is 32.7. The van der Waals surface area contributed by atoms with Gasteiger partial charge in [-0.15, -0.1) is 0 Å². The Morgan fingerprint density at radius 2 is 1.69 bits per heavy atom. The third-order valence-corrected chi connectivity index (χ3v) is 8.56. The molecular weight excluding hydrogens is 604 g/mol. The van der Waals surface area contributed by atoms with Crippen LogP contribution in [0.5, 0.6) is 11.5 Å². The molecule has 1 aliphatic heterocycles. The highest BCUT2D eigenvalue weighted by atomic mass is 16.5. The molecule has 4 aromatic carbocycles. The summed E-state index contributed by atoms with van der Waals surface area (Å²) in [5, 5.41) is 14.7. The van der Waals surface area contributed by atoms with Gasteiger partial charge in [0.2, 0.25) is 5.91 Å². The summed E-state index contributed by atoms with van der Waals surface area (Å²) < 4.78 is 12.4. The van der Waals surface area contributed by atoms with Crippen molar-refractivity contribution >= 4 is 22.5 Å². The Labute approximate surface area is 280 Å². The third kappa shape index (κ3) is 8.56. The number of likely N-dealkylation sites (tertiary alicyclic amines) is 1. The van der Waals surface area contributed by atoms with Crippen molar-refractivity contribution in [1.82, 2.24) is 20.2 Å². The van der Waals surface area contributed by atoms with Crippen LogP contribution >= 0.6 is 0 Å². The number of nitrogens with zero attached hydrogens (tertiary/aromatic N) is 2. The number of carbonyl (C=O) groups excluding carboxylic acids is 2. The number of ether oxygens (including phenoxy) is 2. The van der Waals surface area contributed by atoms with E-state index in [2.05, 4.69) is 44.5 Å². The van der Waals surface area contributed by atoms with Crippen molar-refractivity contribution in [3.8, 4) is 11.5 Å². The molecule has 0 aliphatic carbocycles. The molecule has 9 nitrogen and oxygen atoms in total. The standard InChI is InChI=1S/C39H40N4O5/c44-34(32-13-7-12-30-26-35(45)36(27-33(30)32)47-25-18-37-40-19-20-41-37)14-15-38(46)42-21-24-43-22-16-31(17-23-43)48-39(28-8-3-1-4-9-28)29-10-5-2-6-11-29/h1-15,19-20,26-27,31,39,45H,16-18,21-25H2,(H,40,41)(H,42,46)/b15-14+. The van der Waals surface area contributed by atoms with Crippen LogP contribution in [0.1, 0.15) is 46.3 Å². The number of carbonyl (C=O) groups is 2. The molecule has 0 bridgehead atoms. The molecule has 1 fully saturated rings. The summed E-state index contributed by atoms with van der Waals surface area (Å²) in [5.74, 6) is 0.408. The summed E-state index contributed by atoms with van der Waals surface area (Å²) in [5.41, 5.74) is 2.71. The molecule has 1 amide bonds. The molecule has 0 unspecified atom stereocenters. The van der Waals surface area contributed by atoms with E-state index >= 15 is 0 Å². The Kier molecular flexibility index (Phi) is 10.9. The number of piperidine rings is 1. The molecule has 1 aliphatic rings. The molecule has 1 aromatic heterocycles. The normalized spacial score (nSPS) is 14.1. The number of benzene rings is 4. The molecule has 1 saturated heterocycles. The average molecular weight is 645 g/mol. The molecule has 0 spiro atoms. The number of nitrogens with one attached hydrogen (secondary N) is 2. The van der Waals surface area contributed by atoms with E-state index in [1.165, 1.54) is 12.2 Å². The van der Waals surface area contributed by atoms with Gasteiger partial charge >= 0.3 is 0 Å². The van der Waals surface area contributed by atoms with Gasteiger partial charge in [-0.2, -0.15) is 0 Å². The van der Waals surface area contributed by atoms with E-state index in [0.29, 0.717) is 35.9 Å². The SMILES string of the molecule is O=C(/C=C/C(=O)c1cccc2cc(O)c(OCCc3ncc[nH]3)cc12)NCCN1CCC(OC(c2ccccc2)c2ccccc2)CC1. The minimum atomic E-state index is -0.324. The molecule has 246 valence electrons. The largest absolute Gasteiger partial charge is 0.504 e. The summed E-state index contributed by atoms with van der Waals surface area (Å²) in [6.07, 6.45) is 8.38. The lowest BCUT2D eigenvalue weighted by molar-refractivity contribution is -0.116. The van der Waals surface area contributed by atoms with Crippen molar-refractivity contribution in [3.05, 3.63) is 138 Å². The van der Waals surface area contributed by atoms with E-state index in [1.54, 1.807) is 36.7 Å². The number of rotatable bonds is 14. The van der Waals surface area contributed by atoms with Crippen molar-refractivity contribution in [2.45, 2.75) is 31.5 Å². The lowest BCUT2D eigenvalue weighted by atomic mass is 10.00. The number of amides is 1. The Bertz CT molecular complexity index is 1780.